The Morgan fingerprint density at radius 2 is 2.00 bits per heavy atom. The summed E-state index contributed by atoms with van der Waals surface area (Å²) in [7, 11) is 0. The molecule has 2 nitrogen and oxygen atoms in total. The summed E-state index contributed by atoms with van der Waals surface area (Å²) in [5.41, 5.74) is -0.558. The summed E-state index contributed by atoms with van der Waals surface area (Å²) in [5, 5.41) is 0. The zero-order valence-corrected chi connectivity index (χ0v) is 8.89. The average Bonchev–Trinajstić information content (AvgIpc) is 2.48. The molecule has 1 amide bonds. The van der Waals surface area contributed by atoms with Gasteiger partial charge in [0.2, 0.25) is 5.91 Å². The number of rotatable bonds is 1. The van der Waals surface area contributed by atoms with E-state index in [1.807, 2.05) is 0 Å². The Labute approximate surface area is 83.3 Å². The summed E-state index contributed by atoms with van der Waals surface area (Å²) in [6.45, 7) is 5.76. The number of carbonyl (C=O) groups excluding carboxylic acids is 1. The van der Waals surface area contributed by atoms with Gasteiger partial charge in [0.25, 0.3) is 6.43 Å². The van der Waals surface area contributed by atoms with Crippen LogP contribution in [-0.2, 0) is 4.79 Å². The topological polar surface area (TPSA) is 20.3 Å². The largest absolute Gasteiger partial charge is 0.334 e. The minimum atomic E-state index is -2.41. The van der Waals surface area contributed by atoms with Gasteiger partial charge < -0.3 is 4.90 Å². The summed E-state index contributed by atoms with van der Waals surface area (Å²) >= 11 is 0. The molecule has 82 valence electrons. The Bertz CT molecular complexity index is 223. The summed E-state index contributed by atoms with van der Waals surface area (Å²) in [4.78, 5) is 13.1. The number of carbonyl (C=O) groups is 1. The lowest BCUT2D eigenvalue weighted by Gasteiger charge is -2.30. The van der Waals surface area contributed by atoms with E-state index in [1.165, 1.54) is 4.90 Å². The van der Waals surface area contributed by atoms with Gasteiger partial charge in [-0.25, -0.2) is 8.78 Å². The molecule has 1 aliphatic heterocycles. The van der Waals surface area contributed by atoms with Crippen molar-refractivity contribution in [2.24, 2.45) is 5.41 Å². The highest BCUT2D eigenvalue weighted by atomic mass is 19.3. The highest BCUT2D eigenvalue weighted by Crippen LogP contribution is 2.28. The van der Waals surface area contributed by atoms with E-state index in [0.29, 0.717) is 19.4 Å². The number of hydrogen-bond acceptors (Lipinski definition) is 1. The molecule has 1 heterocycles. The van der Waals surface area contributed by atoms with Crippen molar-refractivity contribution in [3.8, 4) is 0 Å². The molecule has 0 bridgehead atoms. The third-order valence-corrected chi connectivity index (χ3v) is 2.49. The van der Waals surface area contributed by atoms with E-state index in [2.05, 4.69) is 0 Å². The van der Waals surface area contributed by atoms with Crippen molar-refractivity contribution in [3.05, 3.63) is 0 Å². The average molecular weight is 205 g/mol. The van der Waals surface area contributed by atoms with Gasteiger partial charge in [-0.15, -0.1) is 0 Å². The van der Waals surface area contributed by atoms with E-state index in [0.717, 1.165) is 0 Å². The maximum Gasteiger partial charge on any atom is 0.258 e. The Morgan fingerprint density at radius 3 is 2.43 bits per heavy atom. The summed E-state index contributed by atoms with van der Waals surface area (Å²) in [5.74, 6) is -0.166. The lowest BCUT2D eigenvalue weighted by molar-refractivity contribution is -0.143. The predicted octanol–water partition coefficient (Wildman–Crippen LogP) is 2.29. The van der Waals surface area contributed by atoms with E-state index in [4.69, 9.17) is 0 Å². The fraction of sp³-hybridized carbons (Fsp3) is 0.900. The van der Waals surface area contributed by atoms with Gasteiger partial charge in [0.05, 0.1) is 6.04 Å². The molecule has 0 spiro atoms. The van der Waals surface area contributed by atoms with Crippen molar-refractivity contribution in [1.29, 1.82) is 0 Å². The van der Waals surface area contributed by atoms with E-state index in [1.54, 1.807) is 20.8 Å². The summed E-state index contributed by atoms with van der Waals surface area (Å²) < 4.78 is 25.1. The first-order valence-electron chi connectivity index (χ1n) is 4.93. The highest BCUT2D eigenvalue weighted by molar-refractivity contribution is 5.82. The van der Waals surface area contributed by atoms with Gasteiger partial charge in [-0.2, -0.15) is 0 Å². The Hall–Kier alpha value is -0.670. The van der Waals surface area contributed by atoms with Crippen LogP contribution in [0.15, 0.2) is 0 Å². The van der Waals surface area contributed by atoms with E-state index < -0.39 is 17.9 Å². The molecule has 0 aromatic rings. The van der Waals surface area contributed by atoms with Crippen LogP contribution >= 0.6 is 0 Å². The molecule has 0 aliphatic carbocycles. The van der Waals surface area contributed by atoms with E-state index in [-0.39, 0.29) is 5.91 Å². The second-order valence-corrected chi connectivity index (χ2v) is 4.79. The van der Waals surface area contributed by atoms with Crippen LogP contribution in [0.25, 0.3) is 0 Å². The molecule has 0 aromatic heterocycles. The zero-order valence-electron chi connectivity index (χ0n) is 8.89. The van der Waals surface area contributed by atoms with E-state index in [9.17, 15) is 13.6 Å². The SMILES string of the molecule is CC(C)(C)C(=O)N1CCCC1C(F)F. The van der Waals surface area contributed by atoms with Crippen molar-refractivity contribution >= 4 is 5.91 Å². The van der Waals surface area contributed by atoms with Gasteiger partial charge in [0.1, 0.15) is 0 Å². The normalized spacial score (nSPS) is 23.3. The van der Waals surface area contributed by atoms with Crippen molar-refractivity contribution < 1.29 is 13.6 Å². The van der Waals surface area contributed by atoms with Crippen LogP contribution in [0.5, 0.6) is 0 Å². The monoisotopic (exact) mass is 205 g/mol. The Balaban J connectivity index is 2.72. The quantitative estimate of drug-likeness (QED) is 0.643. The third-order valence-electron chi connectivity index (χ3n) is 2.49. The van der Waals surface area contributed by atoms with Crippen LogP contribution in [0.3, 0.4) is 0 Å². The van der Waals surface area contributed by atoms with Gasteiger partial charge in [-0.05, 0) is 12.8 Å². The van der Waals surface area contributed by atoms with Gasteiger partial charge in [-0.1, -0.05) is 20.8 Å². The van der Waals surface area contributed by atoms with Gasteiger partial charge >= 0.3 is 0 Å². The first kappa shape index (κ1) is 11.4. The van der Waals surface area contributed by atoms with Crippen molar-refractivity contribution in [1.82, 2.24) is 4.90 Å². The maximum atomic E-state index is 12.5. The maximum absolute atomic E-state index is 12.5. The van der Waals surface area contributed by atoms with Crippen LogP contribution in [0.4, 0.5) is 8.78 Å². The third kappa shape index (κ3) is 2.22. The predicted molar refractivity (Wildman–Crippen MR) is 50.2 cm³/mol. The molecule has 1 rings (SSSR count). The minimum absolute atomic E-state index is 0.166. The Morgan fingerprint density at radius 1 is 1.43 bits per heavy atom. The second kappa shape index (κ2) is 3.83. The molecule has 1 unspecified atom stereocenters. The fourth-order valence-corrected chi connectivity index (χ4v) is 1.74. The molecule has 0 saturated carbocycles. The van der Waals surface area contributed by atoms with Crippen molar-refractivity contribution in [2.75, 3.05) is 6.54 Å². The first-order valence-corrected chi connectivity index (χ1v) is 4.93. The van der Waals surface area contributed by atoms with Crippen LogP contribution in [-0.4, -0.2) is 29.8 Å². The van der Waals surface area contributed by atoms with Crippen LogP contribution in [0.1, 0.15) is 33.6 Å². The standard InChI is InChI=1S/C10H17F2NO/c1-10(2,3)9(14)13-6-4-5-7(13)8(11)12/h7-8H,4-6H2,1-3H3. The molecule has 0 aromatic carbocycles. The number of alkyl halides is 2. The molecular weight excluding hydrogens is 188 g/mol. The van der Waals surface area contributed by atoms with Crippen molar-refractivity contribution in [3.63, 3.8) is 0 Å². The molecule has 14 heavy (non-hydrogen) atoms. The highest BCUT2D eigenvalue weighted by Gasteiger charge is 2.39. The summed E-state index contributed by atoms with van der Waals surface area (Å²) in [6.07, 6.45) is -1.29. The second-order valence-electron chi connectivity index (χ2n) is 4.79. The molecule has 4 heteroatoms. The van der Waals surface area contributed by atoms with Gasteiger partial charge in [0, 0.05) is 12.0 Å². The lowest BCUT2D eigenvalue weighted by atomic mass is 9.94. The number of halogens is 2. The number of nitrogens with zero attached hydrogens (tertiary/aromatic N) is 1. The molecule has 1 atom stereocenters. The smallest absolute Gasteiger partial charge is 0.258 e. The lowest BCUT2D eigenvalue weighted by Crippen LogP contribution is -2.45. The minimum Gasteiger partial charge on any atom is -0.334 e. The number of likely N-dealkylation sites (tertiary alicyclic amines) is 1. The number of amides is 1. The molecule has 1 saturated heterocycles. The van der Waals surface area contributed by atoms with Crippen LogP contribution in [0.2, 0.25) is 0 Å². The van der Waals surface area contributed by atoms with Crippen LogP contribution in [0, 0.1) is 5.41 Å². The molecule has 0 radical (unpaired) electrons. The molecule has 1 fully saturated rings. The van der Waals surface area contributed by atoms with Gasteiger partial charge in [-0.3, -0.25) is 4.79 Å². The number of hydrogen-bond donors (Lipinski definition) is 0. The van der Waals surface area contributed by atoms with Crippen LogP contribution < -0.4 is 0 Å². The van der Waals surface area contributed by atoms with Gasteiger partial charge in [0.15, 0.2) is 0 Å². The van der Waals surface area contributed by atoms with E-state index >= 15 is 0 Å². The fourth-order valence-electron chi connectivity index (χ4n) is 1.74. The first-order chi connectivity index (χ1) is 6.34. The molecule has 0 N–H and O–H groups in total. The summed E-state index contributed by atoms with van der Waals surface area (Å²) in [6, 6.07) is -0.860. The molecular formula is C10H17F2NO. The van der Waals surface area contributed by atoms with Crippen molar-refractivity contribution in [2.45, 2.75) is 46.1 Å². The zero-order chi connectivity index (χ0) is 10.9. The Kier molecular flexibility index (Phi) is 3.12. The molecule has 1 aliphatic rings.